The molecule has 0 aliphatic rings. The Morgan fingerprint density at radius 1 is 1.11 bits per heavy atom. The van der Waals surface area contributed by atoms with Gasteiger partial charge >= 0.3 is 0 Å². The highest BCUT2D eigenvalue weighted by Gasteiger charge is 2.22. The Balaban J connectivity index is 1.65. The number of hydrogen-bond donors (Lipinski definition) is 2. The summed E-state index contributed by atoms with van der Waals surface area (Å²) in [5.74, 6) is -1.98. The van der Waals surface area contributed by atoms with Gasteiger partial charge in [0.15, 0.2) is 11.5 Å². The molecule has 2 amide bonds. The SMILES string of the molecule is CCOc1cc(C=NNC(=O)C(C)C(=O)Nc2ccccc2F)cc(I)c1OCc1ccc(Cl)cc1Cl. The zero-order chi connectivity index (χ0) is 26.9. The number of carbonyl (C=O) groups excluding carboxylic acids is 2. The zero-order valence-electron chi connectivity index (χ0n) is 19.9. The lowest BCUT2D eigenvalue weighted by atomic mass is 10.1. The molecule has 0 saturated carbocycles. The van der Waals surface area contributed by atoms with Crippen LogP contribution in [0.5, 0.6) is 11.5 Å². The number of hydrogen-bond acceptors (Lipinski definition) is 5. The average molecular weight is 658 g/mol. The Bertz CT molecular complexity index is 1320. The van der Waals surface area contributed by atoms with Crippen LogP contribution in [0.4, 0.5) is 10.1 Å². The number of hydrazone groups is 1. The Labute approximate surface area is 237 Å². The lowest BCUT2D eigenvalue weighted by molar-refractivity contribution is -0.131. The van der Waals surface area contributed by atoms with E-state index < -0.39 is 23.5 Å². The van der Waals surface area contributed by atoms with Crippen molar-refractivity contribution < 1.29 is 23.5 Å². The quantitative estimate of drug-likeness (QED) is 0.114. The van der Waals surface area contributed by atoms with Gasteiger partial charge in [-0.2, -0.15) is 5.10 Å². The fraction of sp³-hybridized carbons (Fsp3) is 0.192. The normalized spacial score (nSPS) is 11.7. The first-order chi connectivity index (χ1) is 17.7. The van der Waals surface area contributed by atoms with Gasteiger partial charge in [0.05, 0.1) is 22.1 Å². The summed E-state index contributed by atoms with van der Waals surface area (Å²) in [6.45, 7) is 3.86. The maximum absolute atomic E-state index is 13.8. The number of nitrogens with zero attached hydrogens (tertiary/aromatic N) is 1. The third-order valence-corrected chi connectivity index (χ3v) is 6.41. The van der Waals surface area contributed by atoms with Crippen molar-refractivity contribution in [3.05, 3.63) is 85.2 Å². The molecule has 3 aromatic rings. The van der Waals surface area contributed by atoms with Gasteiger partial charge in [-0.25, -0.2) is 9.82 Å². The molecule has 0 bridgehead atoms. The summed E-state index contributed by atoms with van der Waals surface area (Å²) in [5, 5.41) is 7.37. The third kappa shape index (κ3) is 8.05. The van der Waals surface area contributed by atoms with Crippen molar-refractivity contribution in [2.75, 3.05) is 11.9 Å². The molecule has 3 aromatic carbocycles. The number of benzene rings is 3. The van der Waals surface area contributed by atoms with Crippen LogP contribution in [-0.4, -0.2) is 24.6 Å². The Morgan fingerprint density at radius 3 is 2.57 bits per heavy atom. The largest absolute Gasteiger partial charge is 0.490 e. The summed E-state index contributed by atoms with van der Waals surface area (Å²) >= 11 is 14.3. The van der Waals surface area contributed by atoms with E-state index in [-0.39, 0.29) is 12.3 Å². The first-order valence-electron chi connectivity index (χ1n) is 11.1. The minimum absolute atomic E-state index is 0.00526. The van der Waals surface area contributed by atoms with E-state index in [1.807, 2.05) is 6.92 Å². The van der Waals surface area contributed by atoms with E-state index in [4.69, 9.17) is 32.7 Å². The smallest absolute Gasteiger partial charge is 0.252 e. The number of carbonyl (C=O) groups is 2. The van der Waals surface area contributed by atoms with Gasteiger partial charge in [0.1, 0.15) is 18.3 Å². The molecule has 0 saturated heterocycles. The number of halogens is 4. The van der Waals surface area contributed by atoms with E-state index in [0.717, 1.165) is 9.13 Å². The number of ether oxygens (including phenoxy) is 2. The van der Waals surface area contributed by atoms with Crippen LogP contribution in [0.3, 0.4) is 0 Å². The van der Waals surface area contributed by atoms with Crippen molar-refractivity contribution in [2.24, 2.45) is 11.0 Å². The van der Waals surface area contributed by atoms with Crippen LogP contribution in [0, 0.1) is 15.3 Å². The monoisotopic (exact) mass is 657 g/mol. The molecule has 0 spiro atoms. The van der Waals surface area contributed by atoms with Crippen molar-refractivity contribution in [3.8, 4) is 11.5 Å². The molecule has 2 N–H and O–H groups in total. The van der Waals surface area contributed by atoms with Crippen LogP contribution < -0.4 is 20.2 Å². The molecule has 1 atom stereocenters. The maximum Gasteiger partial charge on any atom is 0.252 e. The highest BCUT2D eigenvalue weighted by Crippen LogP contribution is 2.35. The van der Waals surface area contributed by atoms with Crippen molar-refractivity contribution in [3.63, 3.8) is 0 Å². The van der Waals surface area contributed by atoms with Crippen LogP contribution in [0.2, 0.25) is 10.0 Å². The van der Waals surface area contributed by atoms with E-state index >= 15 is 0 Å². The van der Waals surface area contributed by atoms with Crippen LogP contribution >= 0.6 is 45.8 Å². The van der Waals surface area contributed by atoms with E-state index in [1.54, 1.807) is 36.4 Å². The number of anilines is 1. The van der Waals surface area contributed by atoms with Gasteiger partial charge in [0.2, 0.25) is 5.91 Å². The van der Waals surface area contributed by atoms with Crippen LogP contribution in [0.1, 0.15) is 25.0 Å². The van der Waals surface area contributed by atoms with Crippen LogP contribution in [-0.2, 0) is 16.2 Å². The van der Waals surface area contributed by atoms with Gasteiger partial charge in [-0.05, 0) is 78.4 Å². The second-order valence-corrected chi connectivity index (χ2v) is 9.72. The number of rotatable bonds is 10. The minimum Gasteiger partial charge on any atom is -0.490 e. The number of para-hydroxylation sites is 1. The molecule has 0 aromatic heterocycles. The van der Waals surface area contributed by atoms with Crippen LogP contribution in [0.15, 0.2) is 59.7 Å². The molecule has 37 heavy (non-hydrogen) atoms. The third-order valence-electron chi connectivity index (χ3n) is 5.03. The summed E-state index contributed by atoms with van der Waals surface area (Å²) in [7, 11) is 0. The van der Waals surface area contributed by atoms with Gasteiger partial charge in [-0.3, -0.25) is 9.59 Å². The number of nitrogens with one attached hydrogen (secondary N) is 2. The first-order valence-corrected chi connectivity index (χ1v) is 12.9. The molecule has 0 aliphatic carbocycles. The summed E-state index contributed by atoms with van der Waals surface area (Å²) in [4.78, 5) is 24.7. The lowest BCUT2D eigenvalue weighted by Crippen LogP contribution is -2.34. The van der Waals surface area contributed by atoms with Crippen molar-refractivity contribution in [2.45, 2.75) is 20.5 Å². The second kappa shape index (κ2) is 13.6. The Kier molecular flexibility index (Phi) is 10.5. The van der Waals surface area contributed by atoms with Crippen molar-refractivity contribution >= 4 is 69.5 Å². The Hall–Kier alpha value is -2.89. The fourth-order valence-electron chi connectivity index (χ4n) is 3.04. The molecule has 194 valence electrons. The second-order valence-electron chi connectivity index (χ2n) is 7.71. The molecule has 0 radical (unpaired) electrons. The minimum atomic E-state index is -1.11. The van der Waals surface area contributed by atoms with E-state index in [1.165, 1.54) is 31.3 Å². The van der Waals surface area contributed by atoms with E-state index in [9.17, 15) is 14.0 Å². The summed E-state index contributed by atoms with van der Waals surface area (Å²) in [6.07, 6.45) is 1.42. The summed E-state index contributed by atoms with van der Waals surface area (Å²) in [6, 6.07) is 14.4. The van der Waals surface area contributed by atoms with E-state index in [0.29, 0.717) is 33.7 Å². The average Bonchev–Trinajstić information content (AvgIpc) is 2.85. The van der Waals surface area contributed by atoms with Crippen LogP contribution in [0.25, 0.3) is 0 Å². The van der Waals surface area contributed by atoms with Crippen molar-refractivity contribution in [1.29, 1.82) is 0 Å². The van der Waals surface area contributed by atoms with E-state index in [2.05, 4.69) is 38.4 Å². The van der Waals surface area contributed by atoms with Crippen molar-refractivity contribution in [1.82, 2.24) is 5.43 Å². The highest BCUT2D eigenvalue weighted by atomic mass is 127. The van der Waals surface area contributed by atoms with Gasteiger partial charge in [0, 0.05) is 15.6 Å². The predicted octanol–water partition coefficient (Wildman–Crippen LogP) is 6.44. The predicted molar refractivity (Wildman–Crippen MR) is 151 cm³/mol. The molecule has 3 rings (SSSR count). The zero-order valence-corrected chi connectivity index (χ0v) is 23.5. The van der Waals surface area contributed by atoms with Gasteiger partial charge < -0.3 is 14.8 Å². The van der Waals surface area contributed by atoms with Gasteiger partial charge in [-0.1, -0.05) is 41.4 Å². The maximum atomic E-state index is 13.8. The molecule has 0 heterocycles. The molecule has 11 heteroatoms. The molecule has 7 nitrogen and oxygen atoms in total. The molecular weight excluding hydrogens is 635 g/mol. The molecule has 0 aliphatic heterocycles. The topological polar surface area (TPSA) is 89.0 Å². The van der Waals surface area contributed by atoms with Gasteiger partial charge in [0.25, 0.3) is 5.91 Å². The summed E-state index contributed by atoms with van der Waals surface area (Å²) in [5.41, 5.74) is 3.73. The van der Waals surface area contributed by atoms with Gasteiger partial charge in [-0.15, -0.1) is 0 Å². The standard InChI is InChI=1S/C26H23Cl2FIN3O4/c1-3-36-23-11-16(10-21(30)24(23)37-14-17-8-9-18(27)12-19(17)28)13-31-33-26(35)15(2)25(34)32-22-7-5-4-6-20(22)29/h4-13,15H,3,14H2,1-2H3,(H,32,34)(H,33,35). The first kappa shape index (κ1) is 28.7. The molecule has 0 fully saturated rings. The Morgan fingerprint density at radius 2 is 1.86 bits per heavy atom. The fourth-order valence-corrected chi connectivity index (χ4v) is 4.29. The highest BCUT2D eigenvalue weighted by molar-refractivity contribution is 14.1. The molecular formula is C26H23Cl2FIN3O4. The lowest BCUT2D eigenvalue weighted by Gasteiger charge is -2.15. The molecule has 1 unspecified atom stereocenters. The summed E-state index contributed by atoms with van der Waals surface area (Å²) < 4.78 is 26.2. The number of amides is 2.